The predicted molar refractivity (Wildman–Crippen MR) is 75.5 cm³/mol. The topological polar surface area (TPSA) is 21.7 Å². The van der Waals surface area contributed by atoms with Gasteiger partial charge in [-0.05, 0) is 25.8 Å². The zero-order valence-electron chi connectivity index (χ0n) is 11.7. The first-order valence-electron chi connectivity index (χ1n) is 7.50. The van der Waals surface area contributed by atoms with E-state index in [0.717, 1.165) is 18.0 Å². The molecule has 0 amide bonds. The average molecular weight is 261 g/mol. The van der Waals surface area contributed by atoms with Crippen LogP contribution in [0, 0.1) is 0 Å². The second kappa shape index (κ2) is 5.83. The van der Waals surface area contributed by atoms with Gasteiger partial charge in [0.2, 0.25) is 0 Å². The Kier molecular flexibility index (Phi) is 3.92. The maximum atomic E-state index is 5.97. The van der Waals surface area contributed by atoms with Crippen LogP contribution in [0.3, 0.4) is 0 Å². The third kappa shape index (κ3) is 2.71. The summed E-state index contributed by atoms with van der Waals surface area (Å²) in [7, 11) is 0. The lowest BCUT2D eigenvalue weighted by Gasteiger charge is -2.37. The molecule has 0 bridgehead atoms. The van der Waals surface area contributed by atoms with E-state index in [2.05, 4.69) is 17.0 Å². The van der Waals surface area contributed by atoms with Crippen molar-refractivity contribution in [2.75, 3.05) is 13.3 Å². The molecule has 0 unspecified atom stereocenters. The van der Waals surface area contributed by atoms with Crippen molar-refractivity contribution in [3.05, 3.63) is 23.8 Å². The zero-order chi connectivity index (χ0) is 13.1. The monoisotopic (exact) mass is 261 g/mol. The van der Waals surface area contributed by atoms with E-state index in [9.17, 15) is 0 Å². The molecule has 1 aliphatic heterocycles. The fraction of sp³-hybridized carbons (Fsp3) is 0.625. The molecule has 1 fully saturated rings. The van der Waals surface area contributed by atoms with Crippen LogP contribution < -0.4 is 9.47 Å². The van der Waals surface area contributed by atoms with Crippen LogP contribution in [0.4, 0.5) is 0 Å². The Hall–Kier alpha value is -1.22. The summed E-state index contributed by atoms with van der Waals surface area (Å²) < 4.78 is 11.6. The summed E-state index contributed by atoms with van der Waals surface area (Å²) in [6, 6.07) is 6.93. The molecule has 3 rings (SSSR count). The molecule has 0 N–H and O–H groups in total. The minimum absolute atomic E-state index is 0.687. The van der Waals surface area contributed by atoms with E-state index >= 15 is 0 Å². The molecule has 1 aromatic rings. The summed E-state index contributed by atoms with van der Waals surface area (Å²) in [5.74, 6) is 1.85. The lowest BCUT2D eigenvalue weighted by atomic mass is 9.94. The van der Waals surface area contributed by atoms with Crippen LogP contribution in [0.2, 0.25) is 0 Å². The van der Waals surface area contributed by atoms with Gasteiger partial charge in [-0.25, -0.2) is 0 Å². The highest BCUT2D eigenvalue weighted by Gasteiger charge is 2.27. The fourth-order valence-electron chi connectivity index (χ4n) is 3.21. The van der Waals surface area contributed by atoms with Crippen LogP contribution in [-0.4, -0.2) is 24.3 Å². The molecule has 3 heteroatoms. The molecule has 1 aromatic carbocycles. The van der Waals surface area contributed by atoms with Gasteiger partial charge in [0.15, 0.2) is 11.5 Å². The summed E-state index contributed by atoms with van der Waals surface area (Å²) in [5, 5.41) is 0. The molecule has 104 valence electrons. The van der Waals surface area contributed by atoms with Crippen molar-refractivity contribution in [3.8, 4) is 11.5 Å². The third-order valence-electron chi connectivity index (χ3n) is 4.20. The number of para-hydroxylation sites is 1. The number of fused-ring (bicyclic) bond motifs is 1. The SMILES string of the molecule is CCOc1cccc2c1OCN(C1CCCCC1)C2. The van der Waals surface area contributed by atoms with Crippen molar-refractivity contribution >= 4 is 0 Å². The van der Waals surface area contributed by atoms with Gasteiger partial charge < -0.3 is 9.47 Å². The van der Waals surface area contributed by atoms with Gasteiger partial charge in [-0.15, -0.1) is 0 Å². The van der Waals surface area contributed by atoms with E-state index < -0.39 is 0 Å². The highest BCUT2D eigenvalue weighted by molar-refractivity contribution is 5.47. The standard InChI is InChI=1S/C16H23NO2/c1-2-18-15-10-6-7-13-11-17(12-19-16(13)15)14-8-4-3-5-9-14/h6-7,10,14H,2-5,8-9,11-12H2,1H3. The van der Waals surface area contributed by atoms with E-state index in [0.29, 0.717) is 19.4 Å². The van der Waals surface area contributed by atoms with Gasteiger partial charge in [-0.3, -0.25) is 4.90 Å². The summed E-state index contributed by atoms with van der Waals surface area (Å²) in [4.78, 5) is 2.48. The zero-order valence-corrected chi connectivity index (χ0v) is 11.7. The first-order chi connectivity index (χ1) is 9.38. The van der Waals surface area contributed by atoms with E-state index in [1.165, 1.54) is 37.7 Å². The molecular weight excluding hydrogens is 238 g/mol. The van der Waals surface area contributed by atoms with Gasteiger partial charge in [0.1, 0.15) is 6.73 Å². The van der Waals surface area contributed by atoms with E-state index in [-0.39, 0.29) is 0 Å². The molecule has 0 spiro atoms. The van der Waals surface area contributed by atoms with Crippen LogP contribution in [0.5, 0.6) is 11.5 Å². The number of nitrogens with zero attached hydrogens (tertiary/aromatic N) is 1. The van der Waals surface area contributed by atoms with Gasteiger partial charge in [-0.2, -0.15) is 0 Å². The maximum Gasteiger partial charge on any atom is 0.167 e. The van der Waals surface area contributed by atoms with Crippen molar-refractivity contribution in [1.82, 2.24) is 4.90 Å². The molecule has 0 aromatic heterocycles. The quantitative estimate of drug-likeness (QED) is 0.830. The molecule has 0 saturated heterocycles. The summed E-state index contributed by atoms with van der Waals surface area (Å²) in [6.07, 6.45) is 6.78. The number of hydrogen-bond acceptors (Lipinski definition) is 3. The van der Waals surface area contributed by atoms with E-state index in [4.69, 9.17) is 9.47 Å². The molecule has 2 aliphatic rings. The Morgan fingerprint density at radius 3 is 2.89 bits per heavy atom. The first-order valence-corrected chi connectivity index (χ1v) is 7.50. The van der Waals surface area contributed by atoms with Crippen molar-refractivity contribution in [2.24, 2.45) is 0 Å². The van der Waals surface area contributed by atoms with Crippen LogP contribution in [0.25, 0.3) is 0 Å². The normalized spacial score (nSPS) is 20.7. The van der Waals surface area contributed by atoms with Crippen molar-refractivity contribution in [1.29, 1.82) is 0 Å². The summed E-state index contributed by atoms with van der Waals surface area (Å²) >= 11 is 0. The second-order valence-electron chi connectivity index (χ2n) is 5.49. The van der Waals surface area contributed by atoms with Crippen molar-refractivity contribution in [2.45, 2.75) is 51.6 Å². The highest BCUT2D eigenvalue weighted by Crippen LogP contribution is 2.36. The Labute approximate surface area is 115 Å². The van der Waals surface area contributed by atoms with Gasteiger partial charge in [0, 0.05) is 18.2 Å². The average Bonchev–Trinajstić information content (AvgIpc) is 2.48. The fourth-order valence-corrected chi connectivity index (χ4v) is 3.21. The number of rotatable bonds is 3. The minimum atomic E-state index is 0.687. The third-order valence-corrected chi connectivity index (χ3v) is 4.20. The molecule has 19 heavy (non-hydrogen) atoms. The number of ether oxygens (including phenoxy) is 2. The van der Waals surface area contributed by atoms with Gasteiger partial charge >= 0.3 is 0 Å². The van der Waals surface area contributed by atoms with Crippen LogP contribution in [0.1, 0.15) is 44.6 Å². The van der Waals surface area contributed by atoms with Gasteiger partial charge in [0.25, 0.3) is 0 Å². The second-order valence-corrected chi connectivity index (χ2v) is 5.49. The van der Waals surface area contributed by atoms with Crippen molar-refractivity contribution < 1.29 is 9.47 Å². The van der Waals surface area contributed by atoms with Crippen LogP contribution in [-0.2, 0) is 6.54 Å². The maximum absolute atomic E-state index is 5.97. The molecule has 3 nitrogen and oxygen atoms in total. The molecule has 1 aliphatic carbocycles. The molecule has 0 radical (unpaired) electrons. The lowest BCUT2D eigenvalue weighted by molar-refractivity contribution is 0.0380. The highest BCUT2D eigenvalue weighted by atomic mass is 16.5. The van der Waals surface area contributed by atoms with E-state index in [1.807, 2.05) is 13.0 Å². The Bertz CT molecular complexity index is 427. The molecule has 0 atom stereocenters. The smallest absolute Gasteiger partial charge is 0.167 e. The number of hydrogen-bond donors (Lipinski definition) is 0. The Morgan fingerprint density at radius 2 is 2.11 bits per heavy atom. The molecular formula is C16H23NO2. The lowest BCUT2D eigenvalue weighted by Crippen LogP contribution is -2.41. The predicted octanol–water partition coefficient (Wildman–Crippen LogP) is 3.57. The summed E-state index contributed by atoms with van der Waals surface area (Å²) in [5.41, 5.74) is 1.27. The van der Waals surface area contributed by atoms with E-state index in [1.54, 1.807) is 0 Å². The number of benzene rings is 1. The van der Waals surface area contributed by atoms with Crippen LogP contribution >= 0.6 is 0 Å². The Morgan fingerprint density at radius 1 is 1.26 bits per heavy atom. The molecule has 1 saturated carbocycles. The molecule has 1 heterocycles. The van der Waals surface area contributed by atoms with Gasteiger partial charge in [-0.1, -0.05) is 31.4 Å². The summed E-state index contributed by atoms with van der Waals surface area (Å²) in [6.45, 7) is 4.41. The Balaban J connectivity index is 1.74. The first kappa shape index (κ1) is 12.8. The van der Waals surface area contributed by atoms with Crippen molar-refractivity contribution in [3.63, 3.8) is 0 Å². The van der Waals surface area contributed by atoms with Gasteiger partial charge in [0.05, 0.1) is 6.61 Å². The minimum Gasteiger partial charge on any atom is -0.490 e. The largest absolute Gasteiger partial charge is 0.490 e. The van der Waals surface area contributed by atoms with Crippen LogP contribution in [0.15, 0.2) is 18.2 Å².